The Morgan fingerprint density at radius 2 is 2.05 bits per heavy atom. The number of carbonyl (C=O) groups excluding carboxylic acids is 1. The van der Waals surface area contributed by atoms with Crippen LogP contribution in [0.2, 0.25) is 0 Å². The molecule has 1 heterocycles. The second-order valence-electron chi connectivity index (χ2n) is 5.11. The quantitative estimate of drug-likeness (QED) is 0.828. The minimum absolute atomic E-state index is 0.0372. The number of anilines is 1. The number of nitrogens with zero attached hydrogens (tertiary/aromatic N) is 1. The largest absolute Gasteiger partial charge is 0.443 e. The third-order valence-electron chi connectivity index (χ3n) is 3.31. The van der Waals surface area contributed by atoms with Gasteiger partial charge in [-0.15, -0.1) is 0 Å². The van der Waals surface area contributed by atoms with Gasteiger partial charge in [-0.25, -0.2) is 22.3 Å². The van der Waals surface area contributed by atoms with E-state index in [0.717, 1.165) is 6.42 Å². The number of unbranched alkanes of at least 4 members (excludes halogenated alkanes) is 1. The highest BCUT2D eigenvalue weighted by Crippen LogP contribution is 2.21. The molecule has 1 unspecified atom stereocenters. The number of halogens is 1. The summed E-state index contributed by atoms with van der Waals surface area (Å²) in [5.74, 6) is -0.331. The molecule has 6 nitrogen and oxygen atoms in total. The van der Waals surface area contributed by atoms with E-state index in [1.807, 2.05) is 6.92 Å². The number of hydrogen-bond donors (Lipinski definition) is 1. The molecule has 22 heavy (non-hydrogen) atoms. The van der Waals surface area contributed by atoms with Crippen LogP contribution in [-0.4, -0.2) is 39.5 Å². The second kappa shape index (κ2) is 7.06. The van der Waals surface area contributed by atoms with Crippen molar-refractivity contribution in [3.63, 3.8) is 0 Å². The summed E-state index contributed by atoms with van der Waals surface area (Å²) < 4.78 is 43.9. The molecule has 2 rings (SSSR count). The van der Waals surface area contributed by atoms with E-state index in [1.165, 1.54) is 29.2 Å². The highest BCUT2D eigenvalue weighted by atomic mass is 32.2. The predicted octanol–water partition coefficient (Wildman–Crippen LogP) is 1.87. The number of nitrogens with one attached hydrogen (secondary N) is 1. The standard InChI is InChI=1S/C14H19FN2O4S/c1-2-3-8-22(19,20)16-9-13-10-17(14(18)21-13)12-6-4-11(15)5-7-12/h4-7,13,16H,2-3,8-10H2,1H3. The molecule has 0 radical (unpaired) electrons. The first-order chi connectivity index (χ1) is 10.4. The normalized spacial score (nSPS) is 18.5. The van der Waals surface area contributed by atoms with Crippen molar-refractivity contribution in [2.75, 3.05) is 23.7 Å². The fraction of sp³-hybridized carbons (Fsp3) is 0.500. The molecule has 0 aliphatic carbocycles. The van der Waals surface area contributed by atoms with Crippen molar-refractivity contribution in [2.24, 2.45) is 0 Å². The summed E-state index contributed by atoms with van der Waals surface area (Å²) in [6, 6.07) is 5.46. The van der Waals surface area contributed by atoms with Gasteiger partial charge in [0.25, 0.3) is 0 Å². The lowest BCUT2D eigenvalue weighted by Crippen LogP contribution is -2.35. The molecule has 1 amide bonds. The SMILES string of the molecule is CCCCS(=O)(=O)NCC1CN(c2ccc(F)cc2)C(=O)O1. The summed E-state index contributed by atoms with van der Waals surface area (Å²) in [7, 11) is -3.35. The Labute approximate surface area is 129 Å². The molecule has 8 heteroatoms. The van der Waals surface area contributed by atoms with Crippen LogP contribution < -0.4 is 9.62 Å². The van der Waals surface area contributed by atoms with Crippen LogP contribution in [0.1, 0.15) is 19.8 Å². The zero-order valence-corrected chi connectivity index (χ0v) is 13.1. The van der Waals surface area contributed by atoms with Gasteiger partial charge in [0.1, 0.15) is 11.9 Å². The molecule has 1 saturated heterocycles. The number of benzene rings is 1. The van der Waals surface area contributed by atoms with Crippen LogP contribution in [0.25, 0.3) is 0 Å². The zero-order chi connectivity index (χ0) is 16.2. The van der Waals surface area contributed by atoms with Crippen molar-refractivity contribution < 1.29 is 22.3 Å². The van der Waals surface area contributed by atoms with Crippen molar-refractivity contribution in [1.82, 2.24) is 4.72 Å². The molecule has 0 saturated carbocycles. The first kappa shape index (κ1) is 16.7. The van der Waals surface area contributed by atoms with E-state index < -0.39 is 28.0 Å². The molecule has 0 aromatic heterocycles. The molecule has 0 spiro atoms. The number of hydrogen-bond acceptors (Lipinski definition) is 4. The summed E-state index contributed by atoms with van der Waals surface area (Å²) >= 11 is 0. The Morgan fingerprint density at radius 1 is 1.36 bits per heavy atom. The van der Waals surface area contributed by atoms with E-state index in [9.17, 15) is 17.6 Å². The number of sulfonamides is 1. The maximum atomic E-state index is 12.9. The van der Waals surface area contributed by atoms with Crippen LogP contribution in [0.15, 0.2) is 24.3 Å². The Balaban J connectivity index is 1.91. The minimum atomic E-state index is -3.35. The molecular formula is C14H19FN2O4S. The van der Waals surface area contributed by atoms with Gasteiger partial charge in [-0.1, -0.05) is 13.3 Å². The van der Waals surface area contributed by atoms with Crippen molar-refractivity contribution in [3.05, 3.63) is 30.1 Å². The maximum absolute atomic E-state index is 12.9. The Hall–Kier alpha value is -1.67. The van der Waals surface area contributed by atoms with Crippen LogP contribution in [-0.2, 0) is 14.8 Å². The highest BCUT2D eigenvalue weighted by molar-refractivity contribution is 7.89. The van der Waals surface area contributed by atoms with E-state index in [4.69, 9.17) is 4.74 Å². The lowest BCUT2D eigenvalue weighted by atomic mass is 10.2. The number of amides is 1. The average Bonchev–Trinajstić information content (AvgIpc) is 2.85. The van der Waals surface area contributed by atoms with Gasteiger partial charge in [-0.3, -0.25) is 4.90 Å². The van der Waals surface area contributed by atoms with Crippen molar-refractivity contribution in [1.29, 1.82) is 0 Å². The van der Waals surface area contributed by atoms with Crippen LogP contribution in [0.3, 0.4) is 0 Å². The predicted molar refractivity (Wildman–Crippen MR) is 80.7 cm³/mol. The van der Waals surface area contributed by atoms with E-state index in [-0.39, 0.29) is 18.8 Å². The van der Waals surface area contributed by atoms with Gasteiger partial charge in [0.05, 0.1) is 12.3 Å². The van der Waals surface area contributed by atoms with Crippen molar-refractivity contribution in [3.8, 4) is 0 Å². The second-order valence-corrected chi connectivity index (χ2v) is 7.04. The van der Waals surface area contributed by atoms with Crippen molar-refractivity contribution >= 4 is 21.8 Å². The molecule has 1 aromatic carbocycles. The first-order valence-electron chi connectivity index (χ1n) is 7.12. The van der Waals surface area contributed by atoms with E-state index in [0.29, 0.717) is 12.1 Å². The molecule has 122 valence electrons. The summed E-state index contributed by atoms with van der Waals surface area (Å²) in [6.45, 7) is 2.17. The molecule has 1 atom stereocenters. The number of ether oxygens (including phenoxy) is 1. The fourth-order valence-corrected chi connectivity index (χ4v) is 3.34. The lowest BCUT2D eigenvalue weighted by molar-refractivity contribution is 0.143. The van der Waals surface area contributed by atoms with Gasteiger partial charge in [0.2, 0.25) is 10.0 Å². The smallest absolute Gasteiger partial charge is 0.414 e. The summed E-state index contributed by atoms with van der Waals surface area (Å²) in [4.78, 5) is 13.2. The van der Waals surface area contributed by atoms with Gasteiger partial charge in [0.15, 0.2) is 0 Å². The van der Waals surface area contributed by atoms with Crippen LogP contribution in [0.4, 0.5) is 14.9 Å². The molecular weight excluding hydrogens is 311 g/mol. The van der Waals surface area contributed by atoms with E-state index >= 15 is 0 Å². The summed E-state index contributed by atoms with van der Waals surface area (Å²) in [6.07, 6.45) is 0.248. The highest BCUT2D eigenvalue weighted by Gasteiger charge is 2.32. The number of rotatable bonds is 7. The summed E-state index contributed by atoms with van der Waals surface area (Å²) in [5.41, 5.74) is 0.516. The Kier molecular flexibility index (Phi) is 5.36. The zero-order valence-electron chi connectivity index (χ0n) is 12.3. The third kappa shape index (κ3) is 4.41. The molecule has 1 N–H and O–H groups in total. The molecule has 1 aromatic rings. The molecule has 1 aliphatic heterocycles. The molecule has 0 bridgehead atoms. The topological polar surface area (TPSA) is 75.7 Å². The van der Waals surface area contributed by atoms with Gasteiger partial charge in [-0.2, -0.15) is 0 Å². The number of cyclic esters (lactones) is 1. The average molecular weight is 330 g/mol. The summed E-state index contributed by atoms with van der Waals surface area (Å²) in [5, 5.41) is 0. The van der Waals surface area contributed by atoms with Crippen LogP contribution in [0, 0.1) is 5.82 Å². The lowest BCUT2D eigenvalue weighted by Gasteiger charge is -2.13. The van der Waals surface area contributed by atoms with Gasteiger partial charge in [0, 0.05) is 12.2 Å². The molecule has 1 aliphatic rings. The monoisotopic (exact) mass is 330 g/mol. The fourth-order valence-electron chi connectivity index (χ4n) is 2.09. The number of carbonyl (C=O) groups is 1. The van der Waals surface area contributed by atoms with Gasteiger partial charge < -0.3 is 4.74 Å². The van der Waals surface area contributed by atoms with Gasteiger partial charge in [-0.05, 0) is 30.7 Å². The third-order valence-corrected chi connectivity index (χ3v) is 4.74. The minimum Gasteiger partial charge on any atom is -0.443 e. The van der Waals surface area contributed by atoms with Crippen LogP contribution in [0.5, 0.6) is 0 Å². The van der Waals surface area contributed by atoms with E-state index in [2.05, 4.69) is 4.72 Å². The van der Waals surface area contributed by atoms with Crippen molar-refractivity contribution in [2.45, 2.75) is 25.9 Å². The maximum Gasteiger partial charge on any atom is 0.414 e. The van der Waals surface area contributed by atoms with Crippen LogP contribution >= 0.6 is 0 Å². The Morgan fingerprint density at radius 3 is 2.68 bits per heavy atom. The van der Waals surface area contributed by atoms with E-state index in [1.54, 1.807) is 0 Å². The molecule has 1 fully saturated rings. The Bertz CT molecular complexity index is 618. The van der Waals surface area contributed by atoms with Gasteiger partial charge >= 0.3 is 6.09 Å². The first-order valence-corrected chi connectivity index (χ1v) is 8.77.